The van der Waals surface area contributed by atoms with Gasteiger partial charge in [0.05, 0.1) is 6.54 Å². The largest absolute Gasteiger partial charge is 0.355 e. The minimum absolute atomic E-state index is 0.0288. The molecule has 1 aromatic carbocycles. The molecule has 16 heteroatoms. The lowest BCUT2D eigenvalue weighted by atomic mass is 10.00. The molecule has 1 saturated carbocycles. The number of nitrogens with one attached hydrogen (secondary N) is 8. The number of benzene rings is 1. The SMILES string of the molecule is CCCCCCCCCCCCCCCC(C)NCCCCC(NC(=O)C1CC1)C(=O)N[C@@H](CCCCN)C(=O)N[C@H]1CCCCNC(=O)CNC(=O)[C@H](Cc2ccccc2)NC(=O)[C@H](CC(C)C)NC1=O. The van der Waals surface area contributed by atoms with Crippen molar-refractivity contribution in [2.75, 3.05) is 26.2 Å². The number of rotatable bonds is 34. The first-order valence-electron chi connectivity index (χ1n) is 28.3. The zero-order chi connectivity index (χ0) is 52.4. The molecule has 0 bridgehead atoms. The van der Waals surface area contributed by atoms with Crippen molar-refractivity contribution >= 4 is 41.4 Å². The number of amides is 7. The maximum Gasteiger partial charge on any atom is 0.243 e. The van der Waals surface area contributed by atoms with Gasteiger partial charge in [-0.3, -0.25) is 33.6 Å². The Hall–Kier alpha value is -4.57. The van der Waals surface area contributed by atoms with E-state index in [4.69, 9.17) is 5.73 Å². The Balaban J connectivity index is 1.62. The van der Waals surface area contributed by atoms with Gasteiger partial charge in [-0.2, -0.15) is 0 Å². The summed E-state index contributed by atoms with van der Waals surface area (Å²) in [5.74, 6) is -3.42. The van der Waals surface area contributed by atoms with Crippen LogP contribution in [0.15, 0.2) is 30.3 Å². The lowest BCUT2D eigenvalue weighted by Crippen LogP contribution is -2.59. The quantitative estimate of drug-likeness (QED) is 0.0353. The molecule has 1 aliphatic heterocycles. The van der Waals surface area contributed by atoms with Crippen LogP contribution in [-0.2, 0) is 40.0 Å². The van der Waals surface area contributed by atoms with E-state index in [9.17, 15) is 33.6 Å². The van der Waals surface area contributed by atoms with Crippen LogP contribution in [0, 0.1) is 11.8 Å². The Morgan fingerprint density at radius 3 is 1.86 bits per heavy atom. The Bertz CT molecular complexity index is 1730. The van der Waals surface area contributed by atoms with Gasteiger partial charge >= 0.3 is 0 Å². The fraction of sp³-hybridized carbons (Fsp3) is 0.768. The highest BCUT2D eigenvalue weighted by molar-refractivity contribution is 5.97. The first kappa shape index (κ1) is 61.7. The number of carbonyl (C=O) groups excluding carboxylic acids is 7. The van der Waals surface area contributed by atoms with E-state index in [1.807, 2.05) is 44.2 Å². The molecule has 0 aromatic heterocycles. The predicted molar refractivity (Wildman–Crippen MR) is 286 cm³/mol. The van der Waals surface area contributed by atoms with Gasteiger partial charge in [-0.25, -0.2) is 0 Å². The minimum Gasteiger partial charge on any atom is -0.355 e. The third-order valence-corrected chi connectivity index (χ3v) is 13.9. The third-order valence-electron chi connectivity index (χ3n) is 13.9. The van der Waals surface area contributed by atoms with Crippen LogP contribution in [-0.4, -0.2) is 104 Å². The molecule has 0 spiro atoms. The second-order valence-corrected chi connectivity index (χ2v) is 21.1. The van der Waals surface area contributed by atoms with Crippen molar-refractivity contribution in [3.05, 3.63) is 35.9 Å². The molecule has 3 rings (SSSR count). The Kier molecular flexibility index (Phi) is 31.9. The highest BCUT2D eigenvalue weighted by atomic mass is 16.2. The van der Waals surface area contributed by atoms with E-state index in [-0.39, 0.29) is 56.5 Å². The van der Waals surface area contributed by atoms with Crippen molar-refractivity contribution in [2.45, 2.75) is 237 Å². The second kappa shape index (κ2) is 37.2. The number of hydrogen-bond donors (Lipinski definition) is 9. The summed E-state index contributed by atoms with van der Waals surface area (Å²) in [6, 6.07) is 4.53. The maximum absolute atomic E-state index is 14.3. The van der Waals surface area contributed by atoms with Crippen molar-refractivity contribution in [3.8, 4) is 0 Å². The molecule has 1 aliphatic carbocycles. The molecular weight excluding hydrogens is 911 g/mol. The molecule has 408 valence electrons. The molecule has 1 aromatic rings. The van der Waals surface area contributed by atoms with Crippen LogP contribution in [0.3, 0.4) is 0 Å². The predicted octanol–water partition coefficient (Wildman–Crippen LogP) is 6.28. The number of nitrogens with two attached hydrogens (primary N) is 1. The van der Waals surface area contributed by atoms with Gasteiger partial charge in [-0.1, -0.05) is 135 Å². The average Bonchev–Trinajstić information content (AvgIpc) is 4.21. The van der Waals surface area contributed by atoms with Crippen molar-refractivity contribution in [1.29, 1.82) is 0 Å². The van der Waals surface area contributed by atoms with Crippen molar-refractivity contribution < 1.29 is 33.6 Å². The van der Waals surface area contributed by atoms with Gasteiger partial charge in [0, 0.05) is 24.9 Å². The van der Waals surface area contributed by atoms with Crippen molar-refractivity contribution in [1.82, 2.24) is 42.5 Å². The summed E-state index contributed by atoms with van der Waals surface area (Å²) in [6.45, 7) is 9.51. The summed E-state index contributed by atoms with van der Waals surface area (Å²) < 4.78 is 0. The van der Waals surface area contributed by atoms with Crippen LogP contribution in [0.25, 0.3) is 0 Å². The van der Waals surface area contributed by atoms with E-state index in [1.165, 1.54) is 83.5 Å². The van der Waals surface area contributed by atoms with Crippen LogP contribution < -0.4 is 48.3 Å². The normalized spacial score (nSPS) is 19.6. The first-order valence-corrected chi connectivity index (χ1v) is 28.3. The van der Waals surface area contributed by atoms with Gasteiger partial charge in [-0.05, 0) is 115 Å². The zero-order valence-corrected chi connectivity index (χ0v) is 44.9. The van der Waals surface area contributed by atoms with Gasteiger partial charge < -0.3 is 48.3 Å². The fourth-order valence-electron chi connectivity index (χ4n) is 9.23. The first-order chi connectivity index (χ1) is 34.8. The summed E-state index contributed by atoms with van der Waals surface area (Å²) in [4.78, 5) is 95.8. The minimum atomic E-state index is -1.09. The number of unbranched alkanes of at least 4 members (excludes halogenated alkanes) is 14. The lowest BCUT2D eigenvalue weighted by molar-refractivity contribution is -0.135. The standard InChI is InChI=1S/C56H97N9O7/c1-5-6-7-8-9-10-11-12-13-14-15-16-18-27-42(4)58-36-25-22-31-45(61-51(67)44-33-34-44)53(69)62-46(30-21-24-35-57)54(70)63-47-32-23-26-37-59-50(66)40-60-52(68)49(39-43-28-19-17-20-29-43)65-56(72)48(38-41(2)3)64-55(47)71/h17,19-20,28-29,41-42,44-49,58H,5-16,18,21-27,30-40,57H2,1-4H3,(H,59,66)(H,60,68)(H,61,67)(H,62,69)(H,63,70)(H,64,71)(H,65,72)/t42?,45?,46-,47-,48-,49-/m0/s1. The Labute approximate surface area is 433 Å². The number of carbonyl (C=O) groups is 7. The Morgan fingerprint density at radius 2 is 1.24 bits per heavy atom. The molecule has 10 N–H and O–H groups in total. The molecule has 16 nitrogen and oxygen atoms in total. The van der Waals surface area contributed by atoms with E-state index in [0.29, 0.717) is 51.1 Å². The molecule has 72 heavy (non-hydrogen) atoms. The molecule has 6 atom stereocenters. The summed E-state index contributed by atoms with van der Waals surface area (Å²) >= 11 is 0. The van der Waals surface area contributed by atoms with Crippen LogP contribution in [0.5, 0.6) is 0 Å². The van der Waals surface area contributed by atoms with Gasteiger partial charge in [0.25, 0.3) is 0 Å². The van der Waals surface area contributed by atoms with E-state index in [2.05, 4.69) is 56.4 Å². The summed E-state index contributed by atoms with van der Waals surface area (Å²) in [6.07, 6.45) is 24.9. The molecule has 1 heterocycles. The average molecular weight is 1010 g/mol. The van der Waals surface area contributed by atoms with Crippen LogP contribution in [0.4, 0.5) is 0 Å². The molecule has 1 saturated heterocycles. The number of hydrogen-bond acceptors (Lipinski definition) is 9. The van der Waals surface area contributed by atoms with E-state index in [1.54, 1.807) is 0 Å². The highest BCUT2D eigenvalue weighted by Gasteiger charge is 2.35. The zero-order valence-electron chi connectivity index (χ0n) is 44.9. The topological polar surface area (TPSA) is 242 Å². The lowest BCUT2D eigenvalue weighted by Gasteiger charge is -2.28. The monoisotopic (exact) mass is 1010 g/mol. The van der Waals surface area contributed by atoms with E-state index < -0.39 is 65.7 Å². The van der Waals surface area contributed by atoms with E-state index in [0.717, 1.165) is 37.8 Å². The summed E-state index contributed by atoms with van der Waals surface area (Å²) in [5, 5.41) is 23.6. The summed E-state index contributed by atoms with van der Waals surface area (Å²) in [5.41, 5.74) is 6.63. The molecule has 2 fully saturated rings. The van der Waals surface area contributed by atoms with Gasteiger partial charge in [0.15, 0.2) is 0 Å². The summed E-state index contributed by atoms with van der Waals surface area (Å²) in [7, 11) is 0. The molecule has 7 amide bonds. The van der Waals surface area contributed by atoms with Gasteiger partial charge in [0.2, 0.25) is 41.4 Å². The van der Waals surface area contributed by atoms with Crippen LogP contribution >= 0.6 is 0 Å². The third kappa shape index (κ3) is 27.5. The van der Waals surface area contributed by atoms with Gasteiger partial charge in [0.1, 0.15) is 30.2 Å². The fourth-order valence-corrected chi connectivity index (χ4v) is 9.23. The van der Waals surface area contributed by atoms with Crippen LogP contribution in [0.2, 0.25) is 0 Å². The van der Waals surface area contributed by atoms with Crippen LogP contribution in [0.1, 0.15) is 200 Å². The van der Waals surface area contributed by atoms with E-state index >= 15 is 0 Å². The Morgan fingerprint density at radius 1 is 0.639 bits per heavy atom. The molecule has 2 unspecified atom stereocenters. The molecule has 0 radical (unpaired) electrons. The van der Waals surface area contributed by atoms with Crippen molar-refractivity contribution in [3.63, 3.8) is 0 Å². The maximum atomic E-state index is 14.3. The molecule has 2 aliphatic rings. The second-order valence-electron chi connectivity index (χ2n) is 21.1. The van der Waals surface area contributed by atoms with Crippen molar-refractivity contribution in [2.24, 2.45) is 17.6 Å². The molecular formula is C56H97N9O7. The highest BCUT2D eigenvalue weighted by Crippen LogP contribution is 2.29. The van der Waals surface area contributed by atoms with Gasteiger partial charge in [-0.15, -0.1) is 0 Å². The smallest absolute Gasteiger partial charge is 0.243 e.